The SMILES string of the molecule is COC(=O)N[C@H](CN)CN1C(=O)c2ccccc2C1=O. The van der Waals surface area contributed by atoms with Crippen LogP contribution in [-0.2, 0) is 4.74 Å². The molecule has 1 aromatic rings. The molecule has 1 aromatic carbocycles. The molecular formula is C13H15N3O4. The van der Waals surface area contributed by atoms with Crippen molar-refractivity contribution in [3.63, 3.8) is 0 Å². The van der Waals surface area contributed by atoms with Crippen LogP contribution in [0.25, 0.3) is 0 Å². The Morgan fingerprint density at radius 1 is 1.30 bits per heavy atom. The lowest BCUT2D eigenvalue weighted by Crippen LogP contribution is -2.49. The summed E-state index contributed by atoms with van der Waals surface area (Å²) in [5.74, 6) is -0.758. The maximum absolute atomic E-state index is 12.1. The van der Waals surface area contributed by atoms with Gasteiger partial charge in [-0.2, -0.15) is 0 Å². The third kappa shape index (κ3) is 2.48. The van der Waals surface area contributed by atoms with Crippen molar-refractivity contribution in [1.82, 2.24) is 10.2 Å². The number of nitrogens with two attached hydrogens (primary N) is 1. The van der Waals surface area contributed by atoms with Gasteiger partial charge < -0.3 is 15.8 Å². The van der Waals surface area contributed by atoms with Gasteiger partial charge in [-0.25, -0.2) is 4.79 Å². The van der Waals surface area contributed by atoms with Crippen molar-refractivity contribution in [2.75, 3.05) is 20.2 Å². The number of methoxy groups -OCH3 is 1. The Hall–Kier alpha value is -2.41. The largest absolute Gasteiger partial charge is 0.453 e. The molecule has 0 radical (unpaired) electrons. The summed E-state index contributed by atoms with van der Waals surface area (Å²) >= 11 is 0. The van der Waals surface area contributed by atoms with Gasteiger partial charge in [-0.05, 0) is 12.1 Å². The lowest BCUT2D eigenvalue weighted by molar-refractivity contribution is 0.0636. The molecule has 0 spiro atoms. The molecule has 7 heteroatoms. The van der Waals surface area contributed by atoms with Crippen LogP contribution in [0.5, 0.6) is 0 Å². The van der Waals surface area contributed by atoms with Gasteiger partial charge >= 0.3 is 6.09 Å². The van der Waals surface area contributed by atoms with E-state index in [-0.39, 0.29) is 24.9 Å². The average molecular weight is 277 g/mol. The Balaban J connectivity index is 2.13. The fourth-order valence-electron chi connectivity index (χ4n) is 2.03. The van der Waals surface area contributed by atoms with Crippen LogP contribution >= 0.6 is 0 Å². The number of benzene rings is 1. The van der Waals surface area contributed by atoms with E-state index in [1.807, 2.05) is 0 Å². The van der Waals surface area contributed by atoms with Crippen LogP contribution in [0, 0.1) is 0 Å². The van der Waals surface area contributed by atoms with Crippen molar-refractivity contribution < 1.29 is 19.1 Å². The Bertz CT molecular complexity index is 523. The van der Waals surface area contributed by atoms with E-state index in [2.05, 4.69) is 10.1 Å². The second kappa shape index (κ2) is 5.70. The molecule has 20 heavy (non-hydrogen) atoms. The zero-order valence-electron chi connectivity index (χ0n) is 11.0. The molecule has 1 aliphatic heterocycles. The third-order valence-corrected chi connectivity index (χ3v) is 3.07. The molecule has 1 aliphatic rings. The van der Waals surface area contributed by atoms with Gasteiger partial charge in [-0.3, -0.25) is 14.5 Å². The highest BCUT2D eigenvalue weighted by atomic mass is 16.5. The molecule has 0 unspecified atom stereocenters. The average Bonchev–Trinajstić information content (AvgIpc) is 2.71. The van der Waals surface area contributed by atoms with Gasteiger partial charge in [-0.1, -0.05) is 12.1 Å². The van der Waals surface area contributed by atoms with Gasteiger partial charge in [0.1, 0.15) is 0 Å². The highest BCUT2D eigenvalue weighted by Crippen LogP contribution is 2.22. The number of nitrogens with one attached hydrogen (secondary N) is 1. The zero-order chi connectivity index (χ0) is 14.7. The molecule has 3 N–H and O–H groups in total. The quantitative estimate of drug-likeness (QED) is 0.752. The molecule has 1 atom stereocenters. The van der Waals surface area contributed by atoms with Crippen LogP contribution in [0.2, 0.25) is 0 Å². The lowest BCUT2D eigenvalue weighted by Gasteiger charge is -2.21. The summed E-state index contributed by atoms with van der Waals surface area (Å²) < 4.78 is 4.47. The number of carbonyl (C=O) groups excluding carboxylic acids is 3. The zero-order valence-corrected chi connectivity index (χ0v) is 11.0. The van der Waals surface area contributed by atoms with E-state index in [0.717, 1.165) is 4.90 Å². The number of carbonyl (C=O) groups is 3. The van der Waals surface area contributed by atoms with Crippen LogP contribution in [0.15, 0.2) is 24.3 Å². The summed E-state index contributed by atoms with van der Waals surface area (Å²) in [6.07, 6.45) is -0.656. The Morgan fingerprint density at radius 3 is 2.30 bits per heavy atom. The molecule has 106 valence electrons. The second-order valence-electron chi connectivity index (χ2n) is 4.34. The van der Waals surface area contributed by atoms with Crippen LogP contribution < -0.4 is 11.1 Å². The summed E-state index contributed by atoms with van der Waals surface area (Å²) in [4.78, 5) is 36.5. The summed E-state index contributed by atoms with van der Waals surface area (Å²) in [7, 11) is 1.23. The van der Waals surface area contributed by atoms with Crippen molar-refractivity contribution in [3.05, 3.63) is 35.4 Å². The maximum atomic E-state index is 12.1. The van der Waals surface area contributed by atoms with E-state index in [0.29, 0.717) is 11.1 Å². The van der Waals surface area contributed by atoms with Gasteiger partial charge in [0.05, 0.1) is 30.8 Å². The van der Waals surface area contributed by atoms with E-state index in [4.69, 9.17) is 5.73 Å². The fourth-order valence-corrected chi connectivity index (χ4v) is 2.03. The second-order valence-corrected chi connectivity index (χ2v) is 4.34. The number of nitrogens with zero attached hydrogens (tertiary/aromatic N) is 1. The van der Waals surface area contributed by atoms with Gasteiger partial charge in [0.2, 0.25) is 0 Å². The predicted octanol–water partition coefficient (Wildman–Crippen LogP) is -0.0341. The molecule has 2 rings (SSSR count). The topological polar surface area (TPSA) is 102 Å². The highest BCUT2D eigenvalue weighted by molar-refractivity contribution is 6.21. The van der Waals surface area contributed by atoms with Crippen molar-refractivity contribution in [1.29, 1.82) is 0 Å². The molecule has 0 aromatic heterocycles. The number of ether oxygens (including phenoxy) is 1. The maximum Gasteiger partial charge on any atom is 0.407 e. The van der Waals surface area contributed by atoms with Crippen molar-refractivity contribution in [2.24, 2.45) is 5.73 Å². The third-order valence-electron chi connectivity index (χ3n) is 3.07. The number of hydrogen-bond donors (Lipinski definition) is 2. The van der Waals surface area contributed by atoms with E-state index in [9.17, 15) is 14.4 Å². The minimum absolute atomic E-state index is 0.0119. The number of alkyl carbamates (subject to hydrolysis) is 1. The Kier molecular flexibility index (Phi) is 3.99. The van der Waals surface area contributed by atoms with Crippen LogP contribution in [-0.4, -0.2) is 49.0 Å². The van der Waals surface area contributed by atoms with E-state index >= 15 is 0 Å². The highest BCUT2D eigenvalue weighted by Gasteiger charge is 2.36. The molecule has 7 nitrogen and oxygen atoms in total. The van der Waals surface area contributed by atoms with Gasteiger partial charge in [-0.15, -0.1) is 0 Å². The first-order chi connectivity index (χ1) is 9.58. The normalized spacial score (nSPS) is 15.0. The fraction of sp³-hybridized carbons (Fsp3) is 0.308. The van der Waals surface area contributed by atoms with Gasteiger partial charge in [0, 0.05) is 6.54 Å². The van der Waals surface area contributed by atoms with Crippen molar-refractivity contribution in [2.45, 2.75) is 6.04 Å². The molecule has 0 fully saturated rings. The van der Waals surface area contributed by atoms with Crippen LogP contribution in [0.3, 0.4) is 0 Å². The molecule has 1 heterocycles. The molecule has 0 saturated carbocycles. The first-order valence-electron chi connectivity index (χ1n) is 6.08. The summed E-state index contributed by atoms with van der Waals surface area (Å²) in [6, 6.07) is 6.03. The lowest BCUT2D eigenvalue weighted by atomic mass is 10.1. The van der Waals surface area contributed by atoms with E-state index < -0.39 is 12.1 Å². The number of imide groups is 1. The van der Waals surface area contributed by atoms with Crippen molar-refractivity contribution in [3.8, 4) is 0 Å². The number of rotatable bonds is 4. The minimum atomic E-state index is -0.656. The minimum Gasteiger partial charge on any atom is -0.453 e. The number of hydrogen-bond acceptors (Lipinski definition) is 5. The summed E-state index contributed by atoms with van der Waals surface area (Å²) in [5.41, 5.74) is 6.26. The summed E-state index contributed by atoms with van der Waals surface area (Å²) in [6.45, 7) is 0.0977. The first kappa shape index (κ1) is 14.0. The Labute approximate surface area is 115 Å². The number of amides is 3. The standard InChI is InChI=1S/C13H15N3O4/c1-20-13(19)15-8(6-14)7-16-11(17)9-4-2-3-5-10(9)12(16)18/h2-5,8H,6-7,14H2,1H3,(H,15,19)/t8-/m1/s1. The molecule has 0 bridgehead atoms. The summed E-state index contributed by atoms with van der Waals surface area (Å²) in [5, 5.41) is 2.48. The van der Waals surface area contributed by atoms with Crippen LogP contribution in [0.4, 0.5) is 4.79 Å². The van der Waals surface area contributed by atoms with Gasteiger partial charge in [0.25, 0.3) is 11.8 Å². The van der Waals surface area contributed by atoms with Crippen molar-refractivity contribution >= 4 is 17.9 Å². The smallest absolute Gasteiger partial charge is 0.407 e. The van der Waals surface area contributed by atoms with E-state index in [1.165, 1.54) is 7.11 Å². The molecule has 3 amide bonds. The predicted molar refractivity (Wildman–Crippen MR) is 70.2 cm³/mol. The Morgan fingerprint density at radius 2 is 1.85 bits per heavy atom. The molecular weight excluding hydrogens is 262 g/mol. The van der Waals surface area contributed by atoms with Gasteiger partial charge in [0.15, 0.2) is 0 Å². The number of fused-ring (bicyclic) bond motifs is 1. The van der Waals surface area contributed by atoms with Crippen LogP contribution in [0.1, 0.15) is 20.7 Å². The van der Waals surface area contributed by atoms with E-state index in [1.54, 1.807) is 24.3 Å². The molecule has 0 saturated heterocycles. The molecule has 0 aliphatic carbocycles. The first-order valence-corrected chi connectivity index (χ1v) is 6.08. The monoisotopic (exact) mass is 277 g/mol.